The van der Waals surface area contributed by atoms with Crippen LogP contribution in [0.3, 0.4) is 0 Å². The summed E-state index contributed by atoms with van der Waals surface area (Å²) >= 11 is 0. The Hall–Kier alpha value is -1.20. The SMILES string of the molecule is c1nc(N2CCCC2)ncc1CN1CCC[C@@H](CN2CCCCC2)C1. The monoisotopic (exact) mass is 343 g/mol. The molecule has 0 bridgehead atoms. The van der Waals surface area contributed by atoms with E-state index >= 15 is 0 Å². The number of nitrogens with zero attached hydrogens (tertiary/aromatic N) is 5. The summed E-state index contributed by atoms with van der Waals surface area (Å²) in [6, 6.07) is 0. The fraction of sp³-hybridized carbons (Fsp3) is 0.800. The van der Waals surface area contributed by atoms with Crippen LogP contribution in [0.15, 0.2) is 12.4 Å². The minimum atomic E-state index is 0.844. The Morgan fingerprint density at radius 1 is 0.800 bits per heavy atom. The topological polar surface area (TPSA) is 35.5 Å². The highest BCUT2D eigenvalue weighted by Crippen LogP contribution is 2.21. The second-order valence-electron chi connectivity index (χ2n) is 8.19. The Morgan fingerprint density at radius 3 is 2.24 bits per heavy atom. The van der Waals surface area contributed by atoms with E-state index in [1.54, 1.807) is 0 Å². The number of aromatic nitrogens is 2. The van der Waals surface area contributed by atoms with Crippen LogP contribution < -0.4 is 4.90 Å². The average molecular weight is 344 g/mol. The molecule has 3 aliphatic rings. The van der Waals surface area contributed by atoms with E-state index in [0.717, 1.165) is 31.5 Å². The Bertz CT molecular complexity index is 519. The molecule has 3 fully saturated rings. The number of piperidine rings is 2. The van der Waals surface area contributed by atoms with E-state index in [1.807, 2.05) is 0 Å². The van der Waals surface area contributed by atoms with Gasteiger partial charge in [0.1, 0.15) is 0 Å². The first-order chi connectivity index (χ1) is 12.4. The molecule has 0 N–H and O–H groups in total. The van der Waals surface area contributed by atoms with Crippen LogP contribution in [0, 0.1) is 5.92 Å². The highest BCUT2D eigenvalue weighted by atomic mass is 15.3. The van der Waals surface area contributed by atoms with Crippen LogP contribution >= 0.6 is 0 Å². The van der Waals surface area contributed by atoms with Crippen molar-refractivity contribution in [1.29, 1.82) is 0 Å². The van der Waals surface area contributed by atoms with Crippen LogP contribution in [0.4, 0.5) is 5.95 Å². The van der Waals surface area contributed by atoms with Crippen molar-refractivity contribution < 1.29 is 0 Å². The third-order valence-corrected chi connectivity index (χ3v) is 6.05. The van der Waals surface area contributed by atoms with Crippen LogP contribution in [0.1, 0.15) is 50.5 Å². The van der Waals surface area contributed by atoms with E-state index in [4.69, 9.17) is 0 Å². The Balaban J connectivity index is 1.28. The molecule has 0 aromatic carbocycles. The summed E-state index contributed by atoms with van der Waals surface area (Å²) in [5, 5.41) is 0. The fourth-order valence-electron chi connectivity index (χ4n) is 4.72. The first-order valence-electron chi connectivity index (χ1n) is 10.4. The molecule has 0 saturated carbocycles. The molecule has 0 amide bonds. The quantitative estimate of drug-likeness (QED) is 0.821. The summed E-state index contributed by atoms with van der Waals surface area (Å²) in [6.45, 7) is 9.66. The summed E-state index contributed by atoms with van der Waals surface area (Å²) < 4.78 is 0. The van der Waals surface area contributed by atoms with Gasteiger partial charge >= 0.3 is 0 Å². The summed E-state index contributed by atoms with van der Waals surface area (Å²) in [4.78, 5) is 16.9. The van der Waals surface area contributed by atoms with Gasteiger partial charge in [-0.05, 0) is 64.1 Å². The number of likely N-dealkylation sites (tertiary alicyclic amines) is 2. The van der Waals surface area contributed by atoms with E-state index < -0.39 is 0 Å². The largest absolute Gasteiger partial charge is 0.341 e. The van der Waals surface area contributed by atoms with E-state index in [2.05, 4.69) is 37.1 Å². The van der Waals surface area contributed by atoms with Crippen molar-refractivity contribution in [2.75, 3.05) is 50.7 Å². The standard InChI is InChI=1S/C20H33N5/c1-2-8-23(9-3-1)15-18-7-6-10-24(16-18)17-19-13-21-20(22-14-19)25-11-4-5-12-25/h13-14,18H,1-12,15-17H2/t18-/m0/s1. The van der Waals surface area contributed by atoms with Crippen molar-refractivity contribution in [1.82, 2.24) is 19.8 Å². The number of rotatable bonds is 5. The van der Waals surface area contributed by atoms with Gasteiger partial charge in [0, 0.05) is 50.7 Å². The molecule has 5 nitrogen and oxygen atoms in total. The Labute approximate surface area is 152 Å². The summed E-state index contributed by atoms with van der Waals surface area (Å²) in [5.74, 6) is 1.76. The van der Waals surface area contributed by atoms with Crippen LogP contribution in [-0.2, 0) is 6.54 Å². The average Bonchev–Trinajstić information content (AvgIpc) is 3.18. The van der Waals surface area contributed by atoms with Gasteiger partial charge in [-0.3, -0.25) is 4.90 Å². The lowest BCUT2D eigenvalue weighted by molar-refractivity contribution is 0.118. The highest BCUT2D eigenvalue weighted by Gasteiger charge is 2.23. The fourth-order valence-corrected chi connectivity index (χ4v) is 4.72. The molecule has 0 spiro atoms. The van der Waals surface area contributed by atoms with Crippen molar-refractivity contribution in [2.45, 2.75) is 51.5 Å². The normalized spacial score (nSPS) is 26.2. The van der Waals surface area contributed by atoms with E-state index in [-0.39, 0.29) is 0 Å². The molecule has 0 aliphatic carbocycles. The minimum absolute atomic E-state index is 0.844. The lowest BCUT2D eigenvalue weighted by atomic mass is 9.96. The summed E-state index contributed by atoms with van der Waals surface area (Å²) in [6.07, 6.45) is 13.6. The molecule has 3 aliphatic heterocycles. The van der Waals surface area contributed by atoms with Crippen LogP contribution in [-0.4, -0.2) is 65.6 Å². The van der Waals surface area contributed by atoms with Gasteiger partial charge in [0.05, 0.1) is 0 Å². The number of anilines is 1. The first-order valence-corrected chi connectivity index (χ1v) is 10.4. The van der Waals surface area contributed by atoms with Crippen LogP contribution in [0.25, 0.3) is 0 Å². The van der Waals surface area contributed by atoms with Gasteiger partial charge in [-0.25, -0.2) is 9.97 Å². The zero-order valence-corrected chi connectivity index (χ0v) is 15.6. The lowest BCUT2D eigenvalue weighted by Gasteiger charge is -2.36. The molecule has 1 aromatic rings. The van der Waals surface area contributed by atoms with Gasteiger partial charge in [-0.2, -0.15) is 0 Å². The van der Waals surface area contributed by atoms with Crippen molar-refractivity contribution in [3.05, 3.63) is 18.0 Å². The van der Waals surface area contributed by atoms with Crippen molar-refractivity contribution in [3.8, 4) is 0 Å². The van der Waals surface area contributed by atoms with Crippen LogP contribution in [0.2, 0.25) is 0 Å². The zero-order chi connectivity index (χ0) is 16.9. The molecule has 3 saturated heterocycles. The molecular weight excluding hydrogens is 310 g/mol. The molecule has 1 aromatic heterocycles. The highest BCUT2D eigenvalue weighted by molar-refractivity contribution is 5.30. The molecule has 0 radical (unpaired) electrons. The maximum Gasteiger partial charge on any atom is 0.225 e. The van der Waals surface area contributed by atoms with Gasteiger partial charge in [-0.1, -0.05) is 6.42 Å². The molecule has 4 heterocycles. The van der Waals surface area contributed by atoms with Crippen molar-refractivity contribution in [2.24, 2.45) is 5.92 Å². The molecule has 4 rings (SSSR count). The third-order valence-electron chi connectivity index (χ3n) is 6.05. The predicted molar refractivity (Wildman–Crippen MR) is 102 cm³/mol. The van der Waals surface area contributed by atoms with E-state index in [1.165, 1.54) is 83.2 Å². The van der Waals surface area contributed by atoms with Crippen LogP contribution in [0.5, 0.6) is 0 Å². The molecule has 5 heteroatoms. The van der Waals surface area contributed by atoms with Gasteiger partial charge < -0.3 is 9.80 Å². The molecule has 25 heavy (non-hydrogen) atoms. The van der Waals surface area contributed by atoms with Gasteiger partial charge in [0.25, 0.3) is 0 Å². The second kappa shape index (κ2) is 8.45. The maximum atomic E-state index is 4.62. The zero-order valence-electron chi connectivity index (χ0n) is 15.6. The molecule has 138 valence electrons. The predicted octanol–water partition coefficient (Wildman–Crippen LogP) is 2.77. The Kier molecular flexibility index (Phi) is 5.83. The molecular formula is C20H33N5. The van der Waals surface area contributed by atoms with Crippen molar-refractivity contribution >= 4 is 5.95 Å². The number of hydrogen-bond acceptors (Lipinski definition) is 5. The van der Waals surface area contributed by atoms with E-state index in [0.29, 0.717) is 0 Å². The Morgan fingerprint density at radius 2 is 1.48 bits per heavy atom. The molecule has 0 unspecified atom stereocenters. The smallest absolute Gasteiger partial charge is 0.225 e. The second-order valence-corrected chi connectivity index (χ2v) is 8.19. The lowest BCUT2D eigenvalue weighted by Crippen LogP contribution is -2.42. The minimum Gasteiger partial charge on any atom is -0.341 e. The molecule has 1 atom stereocenters. The van der Waals surface area contributed by atoms with E-state index in [9.17, 15) is 0 Å². The van der Waals surface area contributed by atoms with Gasteiger partial charge in [-0.15, -0.1) is 0 Å². The van der Waals surface area contributed by atoms with Gasteiger partial charge in [0.2, 0.25) is 5.95 Å². The maximum absolute atomic E-state index is 4.62. The number of hydrogen-bond donors (Lipinski definition) is 0. The summed E-state index contributed by atoms with van der Waals surface area (Å²) in [5.41, 5.74) is 1.27. The van der Waals surface area contributed by atoms with Gasteiger partial charge in [0.15, 0.2) is 0 Å². The first kappa shape index (κ1) is 17.2. The summed E-state index contributed by atoms with van der Waals surface area (Å²) in [7, 11) is 0. The van der Waals surface area contributed by atoms with Crippen molar-refractivity contribution in [3.63, 3.8) is 0 Å². The third kappa shape index (κ3) is 4.70.